The van der Waals surface area contributed by atoms with Crippen LogP contribution in [0.25, 0.3) is 0 Å². The molecule has 0 saturated carbocycles. The monoisotopic (exact) mass is 416 g/mol. The van der Waals surface area contributed by atoms with Gasteiger partial charge in [-0.05, 0) is 48.9 Å². The van der Waals surface area contributed by atoms with Crippen molar-refractivity contribution in [3.8, 4) is 0 Å². The second-order valence-corrected chi connectivity index (χ2v) is 7.22. The molecule has 26 heavy (non-hydrogen) atoms. The van der Waals surface area contributed by atoms with Gasteiger partial charge < -0.3 is 9.64 Å². The summed E-state index contributed by atoms with van der Waals surface area (Å²) in [7, 11) is 1.37. The van der Waals surface area contributed by atoms with Gasteiger partial charge in [0, 0.05) is 29.8 Å². The van der Waals surface area contributed by atoms with Crippen LogP contribution < -0.4 is 4.90 Å². The number of ether oxygens (including phenoxy) is 1. The van der Waals surface area contributed by atoms with Crippen LogP contribution in [0.15, 0.2) is 53.0 Å². The molecule has 5 nitrogen and oxygen atoms in total. The number of piperazine rings is 1. The zero-order valence-corrected chi connectivity index (χ0v) is 16.4. The minimum atomic E-state index is -0.344. The SMILES string of the molecule is COC(=O)c1ccc(CN2CCN(c3ccc(Br)cc3)C(=O)[C@@H]2C)cc1. The summed E-state index contributed by atoms with van der Waals surface area (Å²) in [6.45, 7) is 4.06. The van der Waals surface area contributed by atoms with Crippen LogP contribution in [0.2, 0.25) is 0 Å². The van der Waals surface area contributed by atoms with E-state index in [1.165, 1.54) is 7.11 Å². The topological polar surface area (TPSA) is 49.9 Å². The highest BCUT2D eigenvalue weighted by atomic mass is 79.9. The Hall–Kier alpha value is -2.18. The van der Waals surface area contributed by atoms with Crippen molar-refractivity contribution in [2.45, 2.75) is 19.5 Å². The number of halogens is 1. The van der Waals surface area contributed by atoms with Crippen molar-refractivity contribution in [3.05, 3.63) is 64.1 Å². The minimum absolute atomic E-state index is 0.102. The Labute approximate surface area is 161 Å². The summed E-state index contributed by atoms with van der Waals surface area (Å²) in [5, 5.41) is 0. The highest BCUT2D eigenvalue weighted by Gasteiger charge is 2.32. The standard InChI is InChI=1S/C20H21BrN2O3/c1-14-19(24)23(18-9-7-17(21)8-10-18)12-11-22(14)13-15-3-5-16(6-4-15)20(25)26-2/h3-10,14H,11-13H2,1-2H3/t14-/m0/s1. The van der Waals surface area contributed by atoms with Crippen LogP contribution in [0.4, 0.5) is 5.69 Å². The molecule has 1 fully saturated rings. The molecule has 3 rings (SSSR count). The number of anilines is 1. The van der Waals surface area contributed by atoms with Crippen molar-refractivity contribution in [2.24, 2.45) is 0 Å². The van der Waals surface area contributed by atoms with Gasteiger partial charge in [-0.3, -0.25) is 9.69 Å². The lowest BCUT2D eigenvalue weighted by atomic mass is 10.1. The molecule has 1 atom stereocenters. The number of benzene rings is 2. The fraction of sp³-hybridized carbons (Fsp3) is 0.300. The maximum Gasteiger partial charge on any atom is 0.337 e. The summed E-state index contributed by atoms with van der Waals surface area (Å²) in [6, 6.07) is 14.9. The normalized spacial score (nSPS) is 18.0. The Balaban J connectivity index is 1.67. The van der Waals surface area contributed by atoms with Crippen molar-refractivity contribution in [2.75, 3.05) is 25.1 Å². The van der Waals surface area contributed by atoms with Crippen molar-refractivity contribution in [1.82, 2.24) is 4.90 Å². The summed E-state index contributed by atoms with van der Waals surface area (Å²) in [4.78, 5) is 28.3. The molecule has 0 radical (unpaired) electrons. The molecule has 0 unspecified atom stereocenters. The molecule has 1 heterocycles. The fourth-order valence-corrected chi connectivity index (χ4v) is 3.37. The van der Waals surface area contributed by atoms with Gasteiger partial charge in [0.05, 0.1) is 18.7 Å². The van der Waals surface area contributed by atoms with E-state index in [1.54, 1.807) is 12.1 Å². The smallest absolute Gasteiger partial charge is 0.337 e. The summed E-state index contributed by atoms with van der Waals surface area (Å²) in [5.74, 6) is -0.243. The van der Waals surface area contributed by atoms with Crippen LogP contribution in [-0.2, 0) is 16.1 Å². The molecule has 6 heteroatoms. The molecule has 0 aliphatic carbocycles. The van der Waals surface area contributed by atoms with Crippen molar-refractivity contribution in [1.29, 1.82) is 0 Å². The van der Waals surface area contributed by atoms with Gasteiger partial charge in [0.2, 0.25) is 5.91 Å². The number of methoxy groups -OCH3 is 1. The first-order valence-corrected chi connectivity index (χ1v) is 9.27. The van der Waals surface area contributed by atoms with Gasteiger partial charge in [-0.25, -0.2) is 4.79 Å². The maximum absolute atomic E-state index is 12.8. The van der Waals surface area contributed by atoms with Gasteiger partial charge in [-0.1, -0.05) is 28.1 Å². The highest BCUT2D eigenvalue weighted by molar-refractivity contribution is 9.10. The quantitative estimate of drug-likeness (QED) is 0.715. The number of amides is 1. The first kappa shape index (κ1) is 18.6. The molecule has 2 aromatic rings. The predicted molar refractivity (Wildman–Crippen MR) is 104 cm³/mol. The molecule has 1 saturated heterocycles. The van der Waals surface area contributed by atoms with Crippen LogP contribution in [0.5, 0.6) is 0 Å². The molecule has 0 aromatic heterocycles. The van der Waals surface area contributed by atoms with E-state index in [4.69, 9.17) is 4.74 Å². The van der Waals surface area contributed by atoms with Gasteiger partial charge in [-0.15, -0.1) is 0 Å². The number of hydrogen-bond donors (Lipinski definition) is 0. The lowest BCUT2D eigenvalue weighted by Crippen LogP contribution is -2.55. The zero-order chi connectivity index (χ0) is 18.7. The average molecular weight is 417 g/mol. The Bertz CT molecular complexity index is 790. The second-order valence-electron chi connectivity index (χ2n) is 6.30. The van der Waals surface area contributed by atoms with Crippen molar-refractivity contribution < 1.29 is 14.3 Å². The van der Waals surface area contributed by atoms with Crippen LogP contribution in [-0.4, -0.2) is 43.0 Å². The zero-order valence-electron chi connectivity index (χ0n) is 14.8. The van der Waals surface area contributed by atoms with Gasteiger partial charge in [0.1, 0.15) is 0 Å². The molecule has 0 spiro atoms. The molecule has 0 N–H and O–H groups in total. The van der Waals surface area contributed by atoms with Crippen molar-refractivity contribution >= 4 is 33.5 Å². The number of rotatable bonds is 4. The maximum atomic E-state index is 12.8. The Morgan fingerprint density at radius 2 is 1.77 bits per heavy atom. The third-order valence-corrected chi connectivity index (χ3v) is 5.21. The second kappa shape index (κ2) is 8.01. The molecular weight excluding hydrogens is 396 g/mol. The van der Waals surface area contributed by atoms with Crippen LogP contribution in [0.3, 0.4) is 0 Å². The lowest BCUT2D eigenvalue weighted by molar-refractivity contribution is -0.125. The number of carbonyl (C=O) groups excluding carboxylic acids is 2. The molecule has 2 aromatic carbocycles. The van der Waals surface area contributed by atoms with E-state index < -0.39 is 0 Å². The first-order chi connectivity index (χ1) is 12.5. The Kier molecular flexibility index (Phi) is 5.74. The molecule has 1 aliphatic rings. The summed E-state index contributed by atoms with van der Waals surface area (Å²) < 4.78 is 5.71. The molecule has 1 amide bonds. The summed E-state index contributed by atoms with van der Waals surface area (Å²) in [6.07, 6.45) is 0. The third kappa shape index (κ3) is 3.97. The number of nitrogens with zero attached hydrogens (tertiary/aromatic N) is 2. The molecule has 136 valence electrons. The molecule has 0 bridgehead atoms. The Morgan fingerprint density at radius 1 is 1.12 bits per heavy atom. The van der Waals surface area contributed by atoms with E-state index in [2.05, 4.69) is 20.8 Å². The number of hydrogen-bond acceptors (Lipinski definition) is 4. The van der Waals surface area contributed by atoms with Crippen LogP contribution in [0.1, 0.15) is 22.8 Å². The molecule has 1 aliphatic heterocycles. The van der Waals surface area contributed by atoms with E-state index >= 15 is 0 Å². The van der Waals surface area contributed by atoms with Crippen LogP contribution >= 0.6 is 15.9 Å². The number of esters is 1. The van der Waals surface area contributed by atoms with Gasteiger partial charge in [0.25, 0.3) is 0 Å². The lowest BCUT2D eigenvalue weighted by Gasteiger charge is -2.39. The summed E-state index contributed by atoms with van der Waals surface area (Å²) in [5.41, 5.74) is 2.52. The first-order valence-electron chi connectivity index (χ1n) is 8.48. The van der Waals surface area contributed by atoms with E-state index in [1.807, 2.05) is 48.2 Å². The third-order valence-electron chi connectivity index (χ3n) is 4.68. The van der Waals surface area contributed by atoms with Gasteiger partial charge in [-0.2, -0.15) is 0 Å². The Morgan fingerprint density at radius 3 is 2.38 bits per heavy atom. The van der Waals surface area contributed by atoms with Gasteiger partial charge in [0.15, 0.2) is 0 Å². The summed E-state index contributed by atoms with van der Waals surface area (Å²) >= 11 is 3.42. The van der Waals surface area contributed by atoms with Crippen LogP contribution in [0, 0.1) is 0 Å². The van der Waals surface area contributed by atoms with E-state index in [0.717, 1.165) is 22.3 Å². The van der Waals surface area contributed by atoms with Crippen molar-refractivity contribution in [3.63, 3.8) is 0 Å². The van der Waals surface area contributed by atoms with E-state index in [-0.39, 0.29) is 17.9 Å². The van der Waals surface area contributed by atoms with E-state index in [9.17, 15) is 9.59 Å². The average Bonchev–Trinajstić information content (AvgIpc) is 2.66. The largest absolute Gasteiger partial charge is 0.465 e. The van der Waals surface area contributed by atoms with E-state index in [0.29, 0.717) is 18.7 Å². The fourth-order valence-electron chi connectivity index (χ4n) is 3.11. The highest BCUT2D eigenvalue weighted by Crippen LogP contribution is 2.23. The minimum Gasteiger partial charge on any atom is -0.465 e. The number of carbonyl (C=O) groups is 2. The van der Waals surface area contributed by atoms with Gasteiger partial charge >= 0.3 is 5.97 Å². The molecular formula is C20H21BrN2O3. The predicted octanol–water partition coefficient (Wildman–Crippen LogP) is 3.47.